The van der Waals surface area contributed by atoms with Gasteiger partial charge < -0.3 is 10.2 Å². The molecule has 0 amide bonds. The molecule has 4 nitrogen and oxygen atoms in total. The fourth-order valence-electron chi connectivity index (χ4n) is 1.98. The summed E-state index contributed by atoms with van der Waals surface area (Å²) in [5, 5.41) is 3.36. The smallest absolute Gasteiger partial charge is 0.229 e. The van der Waals surface area contributed by atoms with Crippen LogP contribution >= 0.6 is 0 Å². The van der Waals surface area contributed by atoms with E-state index in [4.69, 9.17) is 0 Å². The molecule has 1 N–H and O–H groups in total. The third-order valence-electron chi connectivity index (χ3n) is 3.18. The number of aryl methyl sites for hydroxylation is 1. The molecule has 0 spiro atoms. The minimum Gasteiger partial charge on any atom is -0.313 e. The summed E-state index contributed by atoms with van der Waals surface area (Å²) < 4.78 is 0. The molecule has 0 aliphatic heterocycles. The van der Waals surface area contributed by atoms with Crippen LogP contribution in [0, 0.1) is 6.92 Å². The third kappa shape index (κ3) is 3.54. The average Bonchev–Trinajstić information content (AvgIpc) is 2.45. The fraction of sp³-hybridized carbons (Fsp3) is 0.375. The van der Waals surface area contributed by atoms with Crippen LogP contribution in [0.2, 0.25) is 0 Å². The molecule has 0 radical (unpaired) electrons. The molecule has 20 heavy (non-hydrogen) atoms. The molecule has 2 rings (SSSR count). The van der Waals surface area contributed by atoms with Crippen molar-refractivity contribution in [3.8, 4) is 0 Å². The van der Waals surface area contributed by atoms with Gasteiger partial charge in [0, 0.05) is 43.3 Å². The second-order valence-corrected chi connectivity index (χ2v) is 5.27. The molecule has 1 heterocycles. The molecule has 0 saturated heterocycles. The van der Waals surface area contributed by atoms with E-state index in [0.29, 0.717) is 12.0 Å². The largest absolute Gasteiger partial charge is 0.313 e. The van der Waals surface area contributed by atoms with Gasteiger partial charge in [-0.15, -0.1) is 0 Å². The van der Waals surface area contributed by atoms with Crippen molar-refractivity contribution in [2.75, 3.05) is 11.9 Å². The summed E-state index contributed by atoms with van der Waals surface area (Å²) >= 11 is 0. The molecule has 2 aromatic rings. The van der Waals surface area contributed by atoms with E-state index in [2.05, 4.69) is 48.2 Å². The summed E-state index contributed by atoms with van der Waals surface area (Å²) in [7, 11) is 1.99. The van der Waals surface area contributed by atoms with Gasteiger partial charge in [-0.1, -0.05) is 32.0 Å². The number of benzene rings is 1. The molecule has 0 aliphatic rings. The summed E-state index contributed by atoms with van der Waals surface area (Å²) in [5.41, 5.74) is 3.44. The average molecular weight is 270 g/mol. The zero-order valence-corrected chi connectivity index (χ0v) is 12.6. The van der Waals surface area contributed by atoms with Crippen LogP contribution in [0.4, 0.5) is 11.6 Å². The van der Waals surface area contributed by atoms with Gasteiger partial charge in [-0.3, -0.25) is 0 Å². The molecule has 0 fully saturated rings. The predicted molar refractivity (Wildman–Crippen MR) is 83.2 cm³/mol. The number of hydrogen-bond donors (Lipinski definition) is 1. The van der Waals surface area contributed by atoms with Crippen molar-refractivity contribution in [3.05, 3.63) is 47.8 Å². The molecule has 0 aliphatic carbocycles. The van der Waals surface area contributed by atoms with Crippen LogP contribution in [0.3, 0.4) is 0 Å². The Kier molecular flexibility index (Phi) is 4.69. The predicted octanol–water partition coefficient (Wildman–Crippen LogP) is 3.05. The molecule has 1 aromatic carbocycles. The lowest BCUT2D eigenvalue weighted by Gasteiger charge is -2.19. The Morgan fingerprint density at radius 2 is 1.80 bits per heavy atom. The molecule has 0 bridgehead atoms. The number of para-hydroxylation sites is 1. The van der Waals surface area contributed by atoms with Gasteiger partial charge >= 0.3 is 0 Å². The van der Waals surface area contributed by atoms with Gasteiger partial charge in [0.25, 0.3) is 0 Å². The minimum atomic E-state index is 0.462. The van der Waals surface area contributed by atoms with Crippen molar-refractivity contribution >= 4 is 11.6 Å². The van der Waals surface area contributed by atoms with Crippen molar-refractivity contribution in [3.63, 3.8) is 0 Å². The number of hydrogen-bond acceptors (Lipinski definition) is 4. The Morgan fingerprint density at radius 3 is 2.40 bits per heavy atom. The SMILES string of the molecule is Cc1ccccc1N(C)c1ncc(CNC(C)C)cn1. The highest BCUT2D eigenvalue weighted by atomic mass is 15.2. The van der Waals surface area contributed by atoms with E-state index in [1.165, 1.54) is 5.56 Å². The Bertz CT molecular complexity index is 549. The van der Waals surface area contributed by atoms with E-state index in [1.807, 2.05) is 36.5 Å². The summed E-state index contributed by atoms with van der Waals surface area (Å²) in [6, 6.07) is 8.69. The highest BCUT2D eigenvalue weighted by Crippen LogP contribution is 2.23. The van der Waals surface area contributed by atoms with Crippen LogP contribution in [0.25, 0.3) is 0 Å². The Hall–Kier alpha value is -1.94. The van der Waals surface area contributed by atoms with Gasteiger partial charge in [-0.05, 0) is 18.6 Å². The van der Waals surface area contributed by atoms with Crippen LogP contribution in [0.1, 0.15) is 25.0 Å². The molecule has 1 aromatic heterocycles. The number of rotatable bonds is 5. The number of nitrogens with one attached hydrogen (secondary N) is 1. The zero-order valence-electron chi connectivity index (χ0n) is 12.6. The maximum Gasteiger partial charge on any atom is 0.229 e. The monoisotopic (exact) mass is 270 g/mol. The first-order chi connectivity index (χ1) is 9.58. The summed E-state index contributed by atoms with van der Waals surface area (Å²) in [6.45, 7) is 7.14. The van der Waals surface area contributed by atoms with Crippen LogP contribution in [0.15, 0.2) is 36.7 Å². The molecule has 0 atom stereocenters. The molecular formula is C16H22N4. The zero-order chi connectivity index (χ0) is 14.5. The minimum absolute atomic E-state index is 0.462. The van der Waals surface area contributed by atoms with E-state index in [-0.39, 0.29) is 0 Å². The van der Waals surface area contributed by atoms with Crippen molar-refractivity contribution in [2.45, 2.75) is 33.4 Å². The highest BCUT2D eigenvalue weighted by Gasteiger charge is 2.08. The maximum absolute atomic E-state index is 4.45. The van der Waals surface area contributed by atoms with Crippen LogP contribution in [0.5, 0.6) is 0 Å². The van der Waals surface area contributed by atoms with Gasteiger partial charge in [0.15, 0.2) is 0 Å². The quantitative estimate of drug-likeness (QED) is 0.906. The first-order valence-electron chi connectivity index (χ1n) is 6.91. The Morgan fingerprint density at radius 1 is 1.15 bits per heavy atom. The van der Waals surface area contributed by atoms with Gasteiger partial charge in [0.1, 0.15) is 0 Å². The standard InChI is InChI=1S/C16H22N4/c1-12(2)17-9-14-10-18-16(19-11-14)20(4)15-8-6-5-7-13(15)3/h5-8,10-12,17H,9H2,1-4H3. The number of aromatic nitrogens is 2. The summed E-state index contributed by atoms with van der Waals surface area (Å²) in [6.07, 6.45) is 3.76. The molecule has 4 heteroatoms. The van der Waals surface area contributed by atoms with Crippen LogP contribution in [-0.2, 0) is 6.54 Å². The van der Waals surface area contributed by atoms with E-state index >= 15 is 0 Å². The first kappa shape index (κ1) is 14.5. The lowest BCUT2D eigenvalue weighted by molar-refractivity contribution is 0.587. The van der Waals surface area contributed by atoms with E-state index in [0.717, 1.165) is 17.8 Å². The normalized spacial score (nSPS) is 10.8. The van der Waals surface area contributed by atoms with Gasteiger partial charge in [-0.25, -0.2) is 9.97 Å². The van der Waals surface area contributed by atoms with Gasteiger partial charge in [-0.2, -0.15) is 0 Å². The van der Waals surface area contributed by atoms with Crippen molar-refractivity contribution in [1.82, 2.24) is 15.3 Å². The van der Waals surface area contributed by atoms with E-state index in [1.54, 1.807) is 0 Å². The van der Waals surface area contributed by atoms with Gasteiger partial charge in [0.2, 0.25) is 5.95 Å². The Balaban J connectivity index is 2.12. The van der Waals surface area contributed by atoms with Crippen molar-refractivity contribution < 1.29 is 0 Å². The van der Waals surface area contributed by atoms with E-state index in [9.17, 15) is 0 Å². The Labute approximate surface area is 120 Å². The topological polar surface area (TPSA) is 41.1 Å². The highest BCUT2D eigenvalue weighted by molar-refractivity contribution is 5.60. The fourth-order valence-corrected chi connectivity index (χ4v) is 1.98. The first-order valence-corrected chi connectivity index (χ1v) is 6.91. The van der Waals surface area contributed by atoms with Crippen molar-refractivity contribution in [2.24, 2.45) is 0 Å². The second-order valence-electron chi connectivity index (χ2n) is 5.27. The third-order valence-corrected chi connectivity index (χ3v) is 3.18. The van der Waals surface area contributed by atoms with Crippen molar-refractivity contribution in [1.29, 1.82) is 0 Å². The lowest BCUT2D eigenvalue weighted by Crippen LogP contribution is -2.22. The van der Waals surface area contributed by atoms with Crippen LogP contribution in [-0.4, -0.2) is 23.1 Å². The molecular weight excluding hydrogens is 248 g/mol. The van der Waals surface area contributed by atoms with Crippen LogP contribution < -0.4 is 10.2 Å². The molecule has 0 saturated carbocycles. The summed E-state index contributed by atoms with van der Waals surface area (Å²) in [5.74, 6) is 0.715. The number of nitrogens with zero attached hydrogens (tertiary/aromatic N) is 3. The second kappa shape index (κ2) is 6.48. The maximum atomic E-state index is 4.45. The molecule has 106 valence electrons. The van der Waals surface area contributed by atoms with E-state index < -0.39 is 0 Å². The molecule has 0 unspecified atom stereocenters. The van der Waals surface area contributed by atoms with Gasteiger partial charge in [0.05, 0.1) is 0 Å². The summed E-state index contributed by atoms with van der Waals surface area (Å²) in [4.78, 5) is 10.9. The number of anilines is 2. The lowest BCUT2D eigenvalue weighted by atomic mass is 10.2.